The van der Waals surface area contributed by atoms with Crippen LogP contribution in [-0.2, 0) is 36.7 Å². The fraction of sp³-hybridized carbons (Fsp3) is 0.478. The number of fused-ring (bicyclic) bond motifs is 4. The van der Waals surface area contributed by atoms with Crippen molar-refractivity contribution in [3.05, 3.63) is 89.8 Å². The second-order valence-corrected chi connectivity index (χ2v) is 24.2. The molecule has 3 aromatic carbocycles. The summed E-state index contributed by atoms with van der Waals surface area (Å²) in [5.41, 5.74) is 5.23. The van der Waals surface area contributed by atoms with Crippen molar-refractivity contribution in [3.8, 4) is 11.3 Å². The number of hydrogen-bond donors (Lipinski definition) is 1. The van der Waals surface area contributed by atoms with Crippen LogP contribution in [-0.4, -0.2) is 38.5 Å². The van der Waals surface area contributed by atoms with Crippen LogP contribution < -0.4 is 0 Å². The first-order valence-corrected chi connectivity index (χ1v) is 24.6. The first-order valence-electron chi connectivity index (χ1n) is 19.5. The predicted octanol–water partition coefficient (Wildman–Crippen LogP) is 12.9. The molecule has 6 heteroatoms. The van der Waals surface area contributed by atoms with Crippen LogP contribution in [0.4, 0.5) is 0 Å². The Morgan fingerprint density at radius 2 is 1.58 bits per heavy atom. The maximum absolute atomic E-state index is 11.7. The van der Waals surface area contributed by atoms with Crippen molar-refractivity contribution in [2.24, 2.45) is 17.8 Å². The molecule has 2 aromatic heterocycles. The standard InChI is InChI=1S/C33H36NSeSi.C13H24O2.Ir/c1-33(2,3)29-21-25(20-24-8-6-7-9-26(24)29)31-32-28(12-15-34-31)27-11-10-23(19-30(27)35-32)18-22-13-16-36(4,5)17-14-22;1-5-10(6-2)12(14)9-13(15)11(7-3)8-4;/h6-12,15,19,21-22H,13-14,16-18H2,1-5H3;9-11,14H,5-8H2,1-4H3;/q-1;;/b;12-9-;. The third-order valence-corrected chi connectivity index (χ3v) is 17.1. The number of ketones is 1. The second-order valence-electron chi connectivity index (χ2n) is 16.7. The van der Waals surface area contributed by atoms with Gasteiger partial charge in [0.2, 0.25) is 0 Å². The van der Waals surface area contributed by atoms with Crippen LogP contribution in [0.15, 0.2) is 72.6 Å². The zero-order chi connectivity index (χ0) is 36.9. The van der Waals surface area contributed by atoms with E-state index in [4.69, 9.17) is 4.98 Å². The molecule has 6 rings (SSSR count). The molecule has 1 aliphatic rings. The van der Waals surface area contributed by atoms with Crippen LogP contribution in [0.25, 0.3) is 41.3 Å². The Morgan fingerprint density at radius 3 is 2.21 bits per heavy atom. The van der Waals surface area contributed by atoms with Crippen molar-refractivity contribution in [2.45, 2.75) is 124 Å². The van der Waals surface area contributed by atoms with E-state index in [9.17, 15) is 9.90 Å². The molecule has 0 atom stereocenters. The van der Waals surface area contributed by atoms with Gasteiger partial charge in [-0.15, -0.1) is 0 Å². The number of aliphatic hydroxyl groups excluding tert-OH is 1. The normalized spacial score (nSPS) is 15.2. The van der Waals surface area contributed by atoms with Crippen molar-refractivity contribution in [3.63, 3.8) is 0 Å². The number of carbonyl (C=O) groups is 1. The van der Waals surface area contributed by atoms with Crippen molar-refractivity contribution in [2.75, 3.05) is 0 Å². The van der Waals surface area contributed by atoms with Gasteiger partial charge in [0.05, 0.1) is 5.76 Å². The second kappa shape index (κ2) is 18.3. The van der Waals surface area contributed by atoms with Gasteiger partial charge in [0.25, 0.3) is 0 Å². The molecule has 0 saturated carbocycles. The molecule has 1 aliphatic heterocycles. The summed E-state index contributed by atoms with van der Waals surface area (Å²) in [6.45, 7) is 20.1. The Labute approximate surface area is 334 Å². The molecule has 52 heavy (non-hydrogen) atoms. The Bertz CT molecular complexity index is 1990. The average molecular weight is 958 g/mol. The molecule has 1 N–H and O–H groups in total. The van der Waals surface area contributed by atoms with Crippen molar-refractivity contribution >= 4 is 58.4 Å². The number of aliphatic hydroxyl groups is 1. The molecule has 0 bridgehead atoms. The van der Waals surface area contributed by atoms with Crippen molar-refractivity contribution in [1.29, 1.82) is 0 Å². The maximum Gasteiger partial charge on any atom is 0.162 e. The van der Waals surface area contributed by atoms with E-state index in [1.807, 2.05) is 33.9 Å². The van der Waals surface area contributed by atoms with Gasteiger partial charge in [-0.1, -0.05) is 27.7 Å². The van der Waals surface area contributed by atoms with Gasteiger partial charge in [0.1, 0.15) is 0 Å². The smallest absolute Gasteiger partial charge is 0.162 e. The summed E-state index contributed by atoms with van der Waals surface area (Å²) < 4.78 is 2.96. The Morgan fingerprint density at radius 1 is 0.923 bits per heavy atom. The molecule has 3 nitrogen and oxygen atoms in total. The number of nitrogens with zero attached hydrogens (tertiary/aromatic N) is 1. The van der Waals surface area contributed by atoms with Crippen LogP contribution in [0.3, 0.4) is 0 Å². The summed E-state index contributed by atoms with van der Waals surface area (Å²) >= 11 is 0.271. The molecule has 1 saturated heterocycles. The van der Waals surface area contributed by atoms with Crippen LogP contribution in [0.2, 0.25) is 25.2 Å². The molecule has 1 fully saturated rings. The molecule has 0 spiro atoms. The van der Waals surface area contributed by atoms with E-state index in [0.717, 1.165) is 42.9 Å². The van der Waals surface area contributed by atoms with Crippen LogP contribution in [0, 0.1) is 23.8 Å². The monoisotopic (exact) mass is 959 g/mol. The van der Waals surface area contributed by atoms with Gasteiger partial charge in [-0.05, 0) is 25.7 Å². The summed E-state index contributed by atoms with van der Waals surface area (Å²) in [4.78, 5) is 16.7. The molecule has 0 unspecified atom stereocenters. The van der Waals surface area contributed by atoms with Gasteiger partial charge in [-0.3, -0.25) is 4.79 Å². The zero-order valence-corrected chi connectivity index (χ0v) is 38.1. The molecule has 0 aliphatic carbocycles. The number of allylic oxidation sites excluding steroid dienone is 2. The van der Waals surface area contributed by atoms with Crippen LogP contribution >= 0.6 is 0 Å². The van der Waals surface area contributed by atoms with Gasteiger partial charge < -0.3 is 5.11 Å². The van der Waals surface area contributed by atoms with Crippen molar-refractivity contribution < 1.29 is 30.0 Å². The van der Waals surface area contributed by atoms with Gasteiger partial charge in [0.15, 0.2) is 5.78 Å². The predicted molar refractivity (Wildman–Crippen MR) is 224 cm³/mol. The van der Waals surface area contributed by atoms with Gasteiger partial charge >= 0.3 is 223 Å². The van der Waals surface area contributed by atoms with Gasteiger partial charge in [-0.2, -0.15) is 0 Å². The molecule has 1 radical (unpaired) electrons. The maximum atomic E-state index is 11.7. The number of carbonyl (C=O) groups excluding carboxylic acids is 1. The van der Waals surface area contributed by atoms with E-state index >= 15 is 0 Å². The molecule has 0 amide bonds. The summed E-state index contributed by atoms with van der Waals surface area (Å²) in [5, 5.41) is 15.0. The van der Waals surface area contributed by atoms with Crippen molar-refractivity contribution in [1.82, 2.24) is 4.98 Å². The minimum absolute atomic E-state index is 0. The zero-order valence-electron chi connectivity index (χ0n) is 33.0. The minimum Gasteiger partial charge on any atom is -0.512 e. The number of hydrogen-bond acceptors (Lipinski definition) is 3. The van der Waals surface area contributed by atoms with E-state index < -0.39 is 8.07 Å². The van der Waals surface area contributed by atoms with Gasteiger partial charge in [0, 0.05) is 38.0 Å². The first-order chi connectivity index (χ1) is 24.3. The number of aromatic nitrogens is 1. The third-order valence-electron chi connectivity index (χ3n) is 11.4. The van der Waals surface area contributed by atoms with Gasteiger partial charge in [-0.25, -0.2) is 0 Å². The molecule has 5 aromatic rings. The fourth-order valence-corrected chi connectivity index (χ4v) is 13.1. The van der Waals surface area contributed by atoms with E-state index in [1.54, 1.807) is 0 Å². The molecule has 3 heterocycles. The van der Waals surface area contributed by atoms with Crippen LogP contribution in [0.5, 0.6) is 0 Å². The Hall–Kier alpha value is -2.33. The number of pyridine rings is 1. The quantitative estimate of drug-likeness (QED) is 0.0657. The van der Waals surface area contributed by atoms with E-state index in [2.05, 4.69) is 94.5 Å². The fourth-order valence-electron chi connectivity index (χ4n) is 7.82. The summed E-state index contributed by atoms with van der Waals surface area (Å²) in [6.07, 6.45) is 11.0. The van der Waals surface area contributed by atoms with Crippen LogP contribution in [0.1, 0.15) is 98.1 Å². The third kappa shape index (κ3) is 10.0. The average Bonchev–Trinajstić information content (AvgIpc) is 3.47. The largest absolute Gasteiger partial charge is 0.512 e. The first kappa shape index (κ1) is 42.4. The Balaban J connectivity index is 0.000000323. The molecular formula is C46H60IrNO2SeSi-. The van der Waals surface area contributed by atoms with E-state index in [0.29, 0.717) is 0 Å². The number of benzene rings is 3. The summed E-state index contributed by atoms with van der Waals surface area (Å²) in [7, 11) is -0.888. The van der Waals surface area contributed by atoms with E-state index in [-0.39, 0.29) is 63.4 Å². The van der Waals surface area contributed by atoms with E-state index in [1.165, 1.54) is 78.6 Å². The Kier molecular flexibility index (Phi) is 14.9. The molecular weight excluding hydrogens is 898 g/mol. The summed E-state index contributed by atoms with van der Waals surface area (Å²) in [6, 6.07) is 27.3. The topological polar surface area (TPSA) is 50.2 Å². The summed E-state index contributed by atoms with van der Waals surface area (Å²) in [5.74, 6) is 1.42. The molecule has 281 valence electrons. The minimum atomic E-state index is -0.888. The number of rotatable bonds is 10. The SMILES string of the molecule is CC(C)(C)c1cc(-c2nccc3c2[se]c2cc(CC4CC[Si](C)(C)CC4)ccc23)[c-]c2ccccc12.CCC(CC)C(=O)/C=C(\O)C(CC)CC.[Ir].